The van der Waals surface area contributed by atoms with Gasteiger partial charge in [0.1, 0.15) is 6.61 Å². The summed E-state index contributed by atoms with van der Waals surface area (Å²) in [5, 5.41) is 9.44. The molecule has 0 aliphatic carbocycles. The number of unbranched alkanes of at least 4 members (excludes halogenated alkanes) is 13. The fourth-order valence-corrected chi connectivity index (χ4v) is 4.50. The van der Waals surface area contributed by atoms with Gasteiger partial charge in [0.2, 0.25) is 0 Å². The summed E-state index contributed by atoms with van der Waals surface area (Å²) in [6.45, 7) is 4.02. The standard InChI is InChI=1S/C31H56O6/c1-3-5-7-8-11-15-19-23-30(33)35-26-27(25-32)36-31(34)24-20-16-13-10-9-12-14-18-22-29-28(37-29)21-17-6-4-2/h14,18,27-29,32H,3-13,15-17,19-26H2,1-2H3/b18-14-/t27-,28?,29?/m0/s1. The predicted molar refractivity (Wildman–Crippen MR) is 149 cm³/mol. The third-order valence-electron chi connectivity index (χ3n) is 6.98. The zero-order valence-electron chi connectivity index (χ0n) is 23.9. The molecule has 0 aromatic heterocycles. The maximum atomic E-state index is 12.0. The van der Waals surface area contributed by atoms with E-state index in [1.54, 1.807) is 0 Å². The molecule has 6 heteroatoms. The van der Waals surface area contributed by atoms with Crippen molar-refractivity contribution in [2.24, 2.45) is 0 Å². The van der Waals surface area contributed by atoms with E-state index in [2.05, 4.69) is 26.0 Å². The smallest absolute Gasteiger partial charge is 0.306 e. The van der Waals surface area contributed by atoms with Crippen LogP contribution >= 0.6 is 0 Å². The molecule has 6 nitrogen and oxygen atoms in total. The molecule has 0 bridgehead atoms. The van der Waals surface area contributed by atoms with Gasteiger partial charge in [-0.05, 0) is 38.5 Å². The van der Waals surface area contributed by atoms with E-state index in [1.165, 1.54) is 57.8 Å². The van der Waals surface area contributed by atoms with Gasteiger partial charge in [0.15, 0.2) is 6.10 Å². The average Bonchev–Trinajstić information content (AvgIpc) is 3.65. The molecular weight excluding hydrogens is 468 g/mol. The van der Waals surface area contributed by atoms with Crippen LogP contribution in [0.4, 0.5) is 0 Å². The zero-order valence-corrected chi connectivity index (χ0v) is 23.9. The van der Waals surface area contributed by atoms with E-state index in [1.807, 2.05) is 0 Å². The fraction of sp³-hybridized carbons (Fsp3) is 0.871. The summed E-state index contributed by atoms with van der Waals surface area (Å²) >= 11 is 0. The minimum Gasteiger partial charge on any atom is -0.462 e. The highest BCUT2D eigenvalue weighted by atomic mass is 16.6. The van der Waals surface area contributed by atoms with Crippen LogP contribution in [0, 0.1) is 0 Å². The van der Waals surface area contributed by atoms with E-state index in [4.69, 9.17) is 14.2 Å². The molecule has 2 unspecified atom stereocenters. The number of ether oxygens (including phenoxy) is 3. The van der Waals surface area contributed by atoms with Gasteiger partial charge in [-0.2, -0.15) is 0 Å². The summed E-state index contributed by atoms with van der Waals surface area (Å²) in [6.07, 6.45) is 25.9. The van der Waals surface area contributed by atoms with Crippen LogP contribution in [0.25, 0.3) is 0 Å². The molecular formula is C31H56O6. The second-order valence-corrected chi connectivity index (χ2v) is 10.6. The van der Waals surface area contributed by atoms with Crippen LogP contribution in [-0.2, 0) is 23.8 Å². The van der Waals surface area contributed by atoms with Gasteiger partial charge >= 0.3 is 11.9 Å². The molecule has 0 aromatic carbocycles. The summed E-state index contributed by atoms with van der Waals surface area (Å²) in [4.78, 5) is 23.9. The first-order valence-electron chi connectivity index (χ1n) is 15.4. The second-order valence-electron chi connectivity index (χ2n) is 10.6. The first kappa shape index (κ1) is 33.6. The minimum absolute atomic E-state index is 0.0719. The Morgan fingerprint density at radius 1 is 0.757 bits per heavy atom. The lowest BCUT2D eigenvalue weighted by Crippen LogP contribution is -2.28. The topological polar surface area (TPSA) is 85.4 Å². The molecule has 1 saturated heterocycles. The molecule has 1 rings (SSSR count). The number of hydrogen-bond donors (Lipinski definition) is 1. The van der Waals surface area contributed by atoms with E-state index in [0.29, 0.717) is 25.0 Å². The van der Waals surface area contributed by atoms with Gasteiger partial charge in [0.25, 0.3) is 0 Å². The molecule has 37 heavy (non-hydrogen) atoms. The Balaban J connectivity index is 1.92. The van der Waals surface area contributed by atoms with E-state index in [0.717, 1.165) is 57.8 Å². The number of carbonyl (C=O) groups is 2. The first-order chi connectivity index (χ1) is 18.1. The molecule has 0 amide bonds. The van der Waals surface area contributed by atoms with Crippen molar-refractivity contribution in [3.8, 4) is 0 Å². The normalized spacial score (nSPS) is 17.7. The lowest BCUT2D eigenvalue weighted by atomic mass is 10.1. The van der Waals surface area contributed by atoms with Crippen molar-refractivity contribution >= 4 is 11.9 Å². The summed E-state index contributed by atoms with van der Waals surface area (Å²) in [6, 6.07) is 0. The lowest BCUT2D eigenvalue weighted by molar-refractivity contribution is -0.161. The van der Waals surface area contributed by atoms with Gasteiger partial charge < -0.3 is 19.3 Å². The molecule has 0 aromatic rings. The maximum absolute atomic E-state index is 12.0. The predicted octanol–water partition coefficient (Wildman–Crippen LogP) is 7.60. The van der Waals surface area contributed by atoms with Crippen LogP contribution < -0.4 is 0 Å². The maximum Gasteiger partial charge on any atom is 0.306 e. The Morgan fingerprint density at radius 3 is 2.03 bits per heavy atom. The Morgan fingerprint density at radius 2 is 1.35 bits per heavy atom. The number of allylic oxidation sites excluding steroid dienone is 1. The van der Waals surface area contributed by atoms with Gasteiger partial charge in [0.05, 0.1) is 18.8 Å². The molecule has 3 atom stereocenters. The average molecular weight is 525 g/mol. The number of aliphatic hydroxyl groups is 1. The molecule has 0 spiro atoms. The molecule has 1 fully saturated rings. The number of hydrogen-bond acceptors (Lipinski definition) is 6. The van der Waals surface area contributed by atoms with Crippen LogP contribution in [0.5, 0.6) is 0 Å². The molecule has 1 aliphatic rings. The second kappa shape index (κ2) is 23.7. The number of aliphatic hydroxyl groups excluding tert-OH is 1. The highest BCUT2D eigenvalue weighted by Crippen LogP contribution is 2.30. The highest BCUT2D eigenvalue weighted by Gasteiger charge is 2.36. The minimum atomic E-state index is -0.773. The Kier molecular flexibility index (Phi) is 21.5. The highest BCUT2D eigenvalue weighted by molar-refractivity contribution is 5.70. The molecule has 216 valence electrons. The fourth-order valence-electron chi connectivity index (χ4n) is 4.50. The Bertz CT molecular complexity index is 590. The number of rotatable bonds is 26. The van der Waals surface area contributed by atoms with E-state index < -0.39 is 6.10 Å². The lowest BCUT2D eigenvalue weighted by Gasteiger charge is -2.15. The van der Waals surface area contributed by atoms with Crippen LogP contribution in [-0.4, -0.2) is 48.6 Å². The number of esters is 2. The SMILES string of the molecule is CCCCCCCCCC(=O)OC[C@H](CO)OC(=O)CCCCCCC/C=C\CC1OC1CCCCC. The van der Waals surface area contributed by atoms with Crippen molar-refractivity contribution < 1.29 is 28.9 Å². The van der Waals surface area contributed by atoms with Crippen molar-refractivity contribution in [3.63, 3.8) is 0 Å². The van der Waals surface area contributed by atoms with Crippen molar-refractivity contribution in [2.75, 3.05) is 13.2 Å². The molecule has 1 aliphatic heterocycles. The first-order valence-corrected chi connectivity index (χ1v) is 15.4. The van der Waals surface area contributed by atoms with E-state index in [-0.39, 0.29) is 25.2 Å². The van der Waals surface area contributed by atoms with Gasteiger partial charge in [-0.3, -0.25) is 9.59 Å². The molecule has 1 N–H and O–H groups in total. The summed E-state index contributed by atoms with van der Waals surface area (Å²) < 4.78 is 16.2. The van der Waals surface area contributed by atoms with Crippen LogP contribution in [0.2, 0.25) is 0 Å². The Labute approximate surface area is 226 Å². The number of epoxide rings is 1. The third-order valence-corrected chi connectivity index (χ3v) is 6.98. The van der Waals surface area contributed by atoms with Crippen molar-refractivity contribution in [1.29, 1.82) is 0 Å². The molecule has 1 heterocycles. The van der Waals surface area contributed by atoms with E-state index >= 15 is 0 Å². The summed E-state index contributed by atoms with van der Waals surface area (Å²) in [5.41, 5.74) is 0. The van der Waals surface area contributed by atoms with Gasteiger partial charge in [0, 0.05) is 12.8 Å². The monoisotopic (exact) mass is 524 g/mol. The van der Waals surface area contributed by atoms with Crippen molar-refractivity contribution in [1.82, 2.24) is 0 Å². The summed E-state index contributed by atoms with van der Waals surface area (Å²) in [5.74, 6) is -0.620. The van der Waals surface area contributed by atoms with Crippen LogP contribution in [0.1, 0.15) is 142 Å². The van der Waals surface area contributed by atoms with Gasteiger partial charge in [-0.15, -0.1) is 0 Å². The van der Waals surface area contributed by atoms with Crippen molar-refractivity contribution in [3.05, 3.63) is 12.2 Å². The summed E-state index contributed by atoms with van der Waals surface area (Å²) in [7, 11) is 0. The zero-order chi connectivity index (χ0) is 27.0. The van der Waals surface area contributed by atoms with E-state index in [9.17, 15) is 14.7 Å². The van der Waals surface area contributed by atoms with Crippen LogP contribution in [0.3, 0.4) is 0 Å². The molecule has 0 saturated carbocycles. The van der Waals surface area contributed by atoms with Gasteiger partial charge in [-0.25, -0.2) is 0 Å². The Hall–Kier alpha value is -1.40. The molecule has 0 radical (unpaired) electrons. The van der Waals surface area contributed by atoms with Gasteiger partial charge in [-0.1, -0.05) is 103 Å². The van der Waals surface area contributed by atoms with Crippen molar-refractivity contribution in [2.45, 2.75) is 161 Å². The number of carbonyl (C=O) groups excluding carboxylic acids is 2. The third kappa shape index (κ3) is 20.3. The largest absolute Gasteiger partial charge is 0.462 e. The van der Waals surface area contributed by atoms with Crippen LogP contribution in [0.15, 0.2) is 12.2 Å². The quantitative estimate of drug-likeness (QED) is 0.0543.